The van der Waals surface area contributed by atoms with Gasteiger partial charge in [-0.2, -0.15) is 11.3 Å². The molecule has 8 heteroatoms. The van der Waals surface area contributed by atoms with E-state index in [-0.39, 0.29) is 23.1 Å². The molecule has 0 radical (unpaired) electrons. The van der Waals surface area contributed by atoms with Gasteiger partial charge < -0.3 is 9.15 Å². The summed E-state index contributed by atoms with van der Waals surface area (Å²) in [5.41, 5.74) is 0.987. The summed E-state index contributed by atoms with van der Waals surface area (Å²) in [6.07, 6.45) is 1.57. The molecule has 25 heavy (non-hydrogen) atoms. The summed E-state index contributed by atoms with van der Waals surface area (Å²) < 4.78 is 38.7. The van der Waals surface area contributed by atoms with Crippen molar-refractivity contribution in [2.75, 3.05) is 13.7 Å². The highest BCUT2D eigenvalue weighted by molar-refractivity contribution is 7.89. The van der Waals surface area contributed by atoms with Crippen LogP contribution in [0.1, 0.15) is 17.2 Å². The molecule has 0 aliphatic carbocycles. The molecule has 1 atom stereocenters. The first kappa shape index (κ1) is 18.0. The van der Waals surface area contributed by atoms with Crippen molar-refractivity contribution in [2.24, 2.45) is 0 Å². The van der Waals surface area contributed by atoms with Crippen LogP contribution >= 0.6 is 22.9 Å². The second kappa shape index (κ2) is 7.61. The van der Waals surface area contributed by atoms with Crippen LogP contribution in [0.25, 0.3) is 0 Å². The molecule has 0 aliphatic heterocycles. The number of thiophene rings is 1. The van der Waals surface area contributed by atoms with Crippen LogP contribution in [-0.2, 0) is 10.0 Å². The Kier molecular flexibility index (Phi) is 5.48. The van der Waals surface area contributed by atoms with Crippen molar-refractivity contribution in [3.8, 4) is 5.75 Å². The van der Waals surface area contributed by atoms with E-state index < -0.39 is 10.0 Å². The van der Waals surface area contributed by atoms with Gasteiger partial charge in [0.25, 0.3) is 0 Å². The minimum Gasteiger partial charge on any atom is -0.495 e. The molecule has 1 aromatic carbocycles. The van der Waals surface area contributed by atoms with Gasteiger partial charge in [-0.25, -0.2) is 13.1 Å². The van der Waals surface area contributed by atoms with Gasteiger partial charge in [-0.05, 0) is 52.7 Å². The van der Waals surface area contributed by atoms with Crippen molar-refractivity contribution >= 4 is 33.0 Å². The summed E-state index contributed by atoms with van der Waals surface area (Å²) >= 11 is 7.49. The first-order valence-corrected chi connectivity index (χ1v) is 10.2. The summed E-state index contributed by atoms with van der Waals surface area (Å²) in [5, 5.41) is 4.24. The fraction of sp³-hybridized carbons (Fsp3) is 0.176. The molecule has 0 fully saturated rings. The molecule has 0 saturated heterocycles. The number of rotatable bonds is 7. The largest absolute Gasteiger partial charge is 0.495 e. The fourth-order valence-corrected chi connectivity index (χ4v) is 4.67. The van der Waals surface area contributed by atoms with Crippen molar-refractivity contribution in [3.05, 3.63) is 69.8 Å². The lowest BCUT2D eigenvalue weighted by atomic mass is 10.00. The van der Waals surface area contributed by atoms with Crippen molar-refractivity contribution in [1.29, 1.82) is 0 Å². The van der Waals surface area contributed by atoms with Crippen molar-refractivity contribution in [3.63, 3.8) is 0 Å². The number of hydrogen-bond donors (Lipinski definition) is 1. The van der Waals surface area contributed by atoms with E-state index in [1.165, 1.54) is 19.2 Å². The van der Waals surface area contributed by atoms with E-state index in [9.17, 15) is 8.42 Å². The van der Waals surface area contributed by atoms with E-state index in [2.05, 4.69) is 4.72 Å². The lowest BCUT2D eigenvalue weighted by Crippen LogP contribution is -2.29. The van der Waals surface area contributed by atoms with E-state index in [0.29, 0.717) is 10.8 Å². The topological polar surface area (TPSA) is 68.5 Å². The van der Waals surface area contributed by atoms with Crippen LogP contribution in [-0.4, -0.2) is 22.1 Å². The molecule has 2 heterocycles. The summed E-state index contributed by atoms with van der Waals surface area (Å²) in [6, 6.07) is 10.0. The minimum absolute atomic E-state index is 0.00557. The van der Waals surface area contributed by atoms with Crippen LogP contribution in [0.15, 0.2) is 62.7 Å². The maximum atomic E-state index is 12.7. The minimum atomic E-state index is -3.80. The molecule has 0 spiro atoms. The Morgan fingerprint density at radius 1 is 1.32 bits per heavy atom. The van der Waals surface area contributed by atoms with Crippen molar-refractivity contribution in [1.82, 2.24) is 4.72 Å². The van der Waals surface area contributed by atoms with Gasteiger partial charge in [0.05, 0.1) is 19.3 Å². The van der Waals surface area contributed by atoms with E-state index in [1.807, 2.05) is 22.9 Å². The molecule has 2 aromatic heterocycles. The molecule has 132 valence electrons. The smallest absolute Gasteiger partial charge is 0.244 e. The van der Waals surface area contributed by atoms with Gasteiger partial charge in [0.1, 0.15) is 16.4 Å². The lowest BCUT2D eigenvalue weighted by molar-refractivity contribution is 0.402. The normalized spacial score (nSPS) is 12.9. The predicted octanol–water partition coefficient (Wildman–Crippen LogP) is 4.11. The summed E-state index contributed by atoms with van der Waals surface area (Å²) in [7, 11) is -2.38. The molecule has 1 N–H and O–H groups in total. The summed E-state index contributed by atoms with van der Waals surface area (Å²) in [4.78, 5) is 0.00557. The van der Waals surface area contributed by atoms with Gasteiger partial charge in [0.2, 0.25) is 10.0 Å². The van der Waals surface area contributed by atoms with E-state index in [4.69, 9.17) is 20.8 Å². The van der Waals surface area contributed by atoms with Crippen LogP contribution in [0, 0.1) is 0 Å². The Hall–Kier alpha value is -1.80. The predicted molar refractivity (Wildman–Crippen MR) is 98.1 cm³/mol. The third kappa shape index (κ3) is 4.07. The second-order valence-corrected chi connectivity index (χ2v) is 8.22. The Bertz CT molecular complexity index is 887. The van der Waals surface area contributed by atoms with Crippen LogP contribution in [0.5, 0.6) is 5.75 Å². The van der Waals surface area contributed by atoms with Gasteiger partial charge in [-0.1, -0.05) is 11.6 Å². The Morgan fingerprint density at radius 2 is 2.16 bits per heavy atom. The average molecular weight is 398 g/mol. The molecule has 3 rings (SSSR count). The average Bonchev–Trinajstić information content (AvgIpc) is 3.29. The molecule has 0 aliphatic rings. The molecule has 0 saturated carbocycles. The Labute approximate surface area is 155 Å². The van der Waals surface area contributed by atoms with E-state index >= 15 is 0 Å². The molecule has 0 amide bonds. The van der Waals surface area contributed by atoms with Crippen LogP contribution < -0.4 is 9.46 Å². The highest BCUT2D eigenvalue weighted by atomic mass is 35.5. The van der Waals surface area contributed by atoms with Crippen LogP contribution in [0.2, 0.25) is 5.02 Å². The molecule has 5 nitrogen and oxygen atoms in total. The molecular formula is C17H16ClNO4S2. The first-order valence-electron chi connectivity index (χ1n) is 7.40. The number of halogens is 1. The summed E-state index contributed by atoms with van der Waals surface area (Å²) in [6.45, 7) is 0.155. The zero-order chi connectivity index (χ0) is 17.9. The Balaban J connectivity index is 1.87. The quantitative estimate of drug-likeness (QED) is 0.651. The number of methoxy groups -OCH3 is 1. The number of sulfonamides is 1. The fourth-order valence-electron chi connectivity index (χ4n) is 2.48. The zero-order valence-corrected chi connectivity index (χ0v) is 15.7. The maximum absolute atomic E-state index is 12.7. The van der Waals surface area contributed by atoms with Gasteiger partial charge in [0.15, 0.2) is 0 Å². The maximum Gasteiger partial charge on any atom is 0.244 e. The number of ether oxygens (including phenoxy) is 1. The number of hydrogen-bond acceptors (Lipinski definition) is 5. The summed E-state index contributed by atoms with van der Waals surface area (Å²) in [5.74, 6) is 0.711. The van der Waals surface area contributed by atoms with Crippen LogP contribution in [0.3, 0.4) is 0 Å². The SMILES string of the molecule is COc1ccc(Cl)cc1S(=O)(=O)NCC(c1ccsc1)c1ccco1. The standard InChI is InChI=1S/C17H16ClNO4S2/c1-22-16-5-4-13(18)9-17(16)25(20,21)19-10-14(12-6-8-24-11-12)15-3-2-7-23-15/h2-9,11,14,19H,10H2,1H3. The number of benzene rings is 1. The molecular weight excluding hydrogens is 382 g/mol. The van der Waals surface area contributed by atoms with Gasteiger partial charge in [0, 0.05) is 11.6 Å². The van der Waals surface area contributed by atoms with E-state index in [0.717, 1.165) is 5.56 Å². The number of furan rings is 1. The first-order chi connectivity index (χ1) is 12.0. The Morgan fingerprint density at radius 3 is 2.80 bits per heavy atom. The lowest BCUT2D eigenvalue weighted by Gasteiger charge is -2.16. The monoisotopic (exact) mass is 397 g/mol. The zero-order valence-electron chi connectivity index (χ0n) is 13.3. The van der Waals surface area contributed by atoms with Crippen molar-refractivity contribution in [2.45, 2.75) is 10.8 Å². The van der Waals surface area contributed by atoms with Gasteiger partial charge in [-0.3, -0.25) is 0 Å². The van der Waals surface area contributed by atoms with E-state index in [1.54, 1.807) is 29.7 Å². The molecule has 1 unspecified atom stereocenters. The second-order valence-electron chi connectivity index (χ2n) is 5.27. The van der Waals surface area contributed by atoms with Crippen LogP contribution in [0.4, 0.5) is 0 Å². The molecule has 3 aromatic rings. The van der Waals surface area contributed by atoms with Crippen molar-refractivity contribution < 1.29 is 17.6 Å². The van der Waals surface area contributed by atoms with Gasteiger partial charge >= 0.3 is 0 Å². The third-order valence-corrected chi connectivity index (χ3v) is 6.11. The highest BCUT2D eigenvalue weighted by Crippen LogP contribution is 2.29. The van der Waals surface area contributed by atoms with Gasteiger partial charge in [-0.15, -0.1) is 0 Å². The third-order valence-electron chi connectivity index (χ3n) is 3.72. The molecule has 0 bridgehead atoms. The highest BCUT2D eigenvalue weighted by Gasteiger charge is 2.24. The number of nitrogens with one attached hydrogen (secondary N) is 1.